The average molecular weight is 310 g/mol. The summed E-state index contributed by atoms with van der Waals surface area (Å²) in [5.74, 6) is -1.06. The van der Waals surface area contributed by atoms with Gasteiger partial charge < -0.3 is 5.32 Å². The van der Waals surface area contributed by atoms with Crippen molar-refractivity contribution in [1.82, 2.24) is 10.2 Å². The third kappa shape index (κ3) is 4.77. The van der Waals surface area contributed by atoms with E-state index in [-0.39, 0.29) is 11.9 Å². The van der Waals surface area contributed by atoms with Gasteiger partial charge in [0.15, 0.2) is 0 Å². The Morgan fingerprint density at radius 3 is 2.50 bits per heavy atom. The molecule has 0 aliphatic carbocycles. The molecule has 3 nitrogen and oxygen atoms in total. The van der Waals surface area contributed by atoms with Gasteiger partial charge in [0.2, 0.25) is 5.91 Å². The van der Waals surface area contributed by atoms with E-state index in [1.807, 2.05) is 20.8 Å². The number of rotatable bonds is 3. The quantitative estimate of drug-likeness (QED) is 0.930. The topological polar surface area (TPSA) is 32.3 Å². The zero-order chi connectivity index (χ0) is 16.3. The van der Waals surface area contributed by atoms with Crippen molar-refractivity contribution in [2.24, 2.45) is 5.41 Å². The fourth-order valence-electron chi connectivity index (χ4n) is 2.68. The van der Waals surface area contributed by atoms with Gasteiger partial charge in [0.05, 0.1) is 0 Å². The normalized spacial score (nSPS) is 20.0. The predicted molar refractivity (Wildman–Crippen MR) is 82.3 cm³/mol. The van der Waals surface area contributed by atoms with E-state index in [1.54, 1.807) is 0 Å². The van der Waals surface area contributed by atoms with Crippen LogP contribution >= 0.6 is 0 Å². The van der Waals surface area contributed by atoms with Crippen molar-refractivity contribution in [2.75, 3.05) is 13.1 Å². The van der Waals surface area contributed by atoms with Crippen LogP contribution in [0.1, 0.15) is 39.2 Å². The molecular formula is C17H24F2N2O. The fourth-order valence-corrected chi connectivity index (χ4v) is 2.68. The highest BCUT2D eigenvalue weighted by Crippen LogP contribution is 2.18. The van der Waals surface area contributed by atoms with Crippen molar-refractivity contribution in [3.8, 4) is 0 Å². The van der Waals surface area contributed by atoms with Gasteiger partial charge in [0.25, 0.3) is 0 Å². The van der Waals surface area contributed by atoms with Crippen LogP contribution in [-0.2, 0) is 11.3 Å². The molecule has 1 aromatic rings. The van der Waals surface area contributed by atoms with Gasteiger partial charge >= 0.3 is 0 Å². The minimum atomic E-state index is -0.551. The molecule has 122 valence electrons. The van der Waals surface area contributed by atoms with E-state index in [0.717, 1.165) is 25.5 Å². The Morgan fingerprint density at radius 2 is 1.91 bits per heavy atom. The number of carbonyl (C=O) groups is 1. The number of nitrogens with zero attached hydrogens (tertiary/aromatic N) is 1. The van der Waals surface area contributed by atoms with E-state index in [9.17, 15) is 13.6 Å². The summed E-state index contributed by atoms with van der Waals surface area (Å²) in [6.07, 6.45) is 1.91. The summed E-state index contributed by atoms with van der Waals surface area (Å²) in [6, 6.07) is 3.70. The van der Waals surface area contributed by atoms with E-state index in [0.29, 0.717) is 18.7 Å². The number of halogens is 2. The van der Waals surface area contributed by atoms with Crippen LogP contribution in [0, 0.1) is 17.0 Å². The molecule has 2 rings (SSSR count). The molecule has 1 fully saturated rings. The molecule has 1 unspecified atom stereocenters. The summed E-state index contributed by atoms with van der Waals surface area (Å²) in [4.78, 5) is 14.2. The second-order valence-electron chi connectivity index (χ2n) is 7.08. The number of nitrogens with one attached hydrogen (secondary N) is 1. The Hall–Kier alpha value is -1.49. The van der Waals surface area contributed by atoms with Crippen LogP contribution in [-0.4, -0.2) is 29.9 Å². The molecule has 0 saturated carbocycles. The number of benzene rings is 1. The molecular weight excluding hydrogens is 286 g/mol. The van der Waals surface area contributed by atoms with Gasteiger partial charge in [0, 0.05) is 30.6 Å². The molecule has 1 aliphatic rings. The van der Waals surface area contributed by atoms with E-state index in [1.165, 1.54) is 12.1 Å². The first-order valence-electron chi connectivity index (χ1n) is 7.72. The lowest BCUT2D eigenvalue weighted by atomic mass is 9.94. The van der Waals surface area contributed by atoms with Crippen molar-refractivity contribution in [2.45, 2.75) is 46.2 Å². The molecule has 0 aromatic heterocycles. The highest BCUT2D eigenvalue weighted by molar-refractivity contribution is 5.81. The Bertz CT molecular complexity index is 520. The van der Waals surface area contributed by atoms with Crippen LogP contribution in [0.3, 0.4) is 0 Å². The predicted octanol–water partition coefficient (Wildman–Crippen LogP) is 3.09. The lowest BCUT2D eigenvalue weighted by Crippen LogP contribution is -2.50. The van der Waals surface area contributed by atoms with E-state index in [4.69, 9.17) is 0 Å². The molecule has 5 heteroatoms. The zero-order valence-electron chi connectivity index (χ0n) is 13.5. The van der Waals surface area contributed by atoms with E-state index < -0.39 is 17.0 Å². The van der Waals surface area contributed by atoms with E-state index in [2.05, 4.69) is 10.2 Å². The largest absolute Gasteiger partial charge is 0.352 e. The van der Waals surface area contributed by atoms with Crippen molar-refractivity contribution in [1.29, 1.82) is 0 Å². The zero-order valence-corrected chi connectivity index (χ0v) is 13.5. The highest BCUT2D eigenvalue weighted by Gasteiger charge is 2.27. The summed E-state index contributed by atoms with van der Waals surface area (Å²) in [7, 11) is 0. The minimum Gasteiger partial charge on any atom is -0.352 e. The molecule has 0 radical (unpaired) electrons. The van der Waals surface area contributed by atoms with Gasteiger partial charge in [-0.1, -0.05) is 20.8 Å². The molecule has 1 amide bonds. The van der Waals surface area contributed by atoms with Gasteiger partial charge in [-0.3, -0.25) is 9.69 Å². The molecule has 22 heavy (non-hydrogen) atoms. The van der Waals surface area contributed by atoms with Crippen LogP contribution in [0.4, 0.5) is 8.78 Å². The van der Waals surface area contributed by atoms with Crippen LogP contribution in [0.5, 0.6) is 0 Å². The number of amides is 1. The standard InChI is InChI=1S/C17H24F2N2O/c1-17(2,3)16(22)20-15-5-4-6-21(11-15)10-12-7-13(18)9-14(19)8-12/h7-9,15H,4-6,10-11H2,1-3H3,(H,20,22). The first-order chi connectivity index (χ1) is 10.2. The monoisotopic (exact) mass is 310 g/mol. The summed E-state index contributed by atoms with van der Waals surface area (Å²) < 4.78 is 26.5. The Kier molecular flexibility index (Phi) is 5.16. The van der Waals surface area contributed by atoms with Crippen LogP contribution < -0.4 is 5.32 Å². The maximum atomic E-state index is 13.2. The van der Waals surface area contributed by atoms with Gasteiger partial charge in [-0.15, -0.1) is 0 Å². The molecule has 1 aromatic carbocycles. The molecule has 1 N–H and O–H groups in total. The second kappa shape index (κ2) is 6.73. The lowest BCUT2D eigenvalue weighted by molar-refractivity contribution is -0.129. The minimum absolute atomic E-state index is 0.0381. The summed E-state index contributed by atoms with van der Waals surface area (Å²) in [6.45, 7) is 7.74. The number of hydrogen-bond donors (Lipinski definition) is 1. The smallest absolute Gasteiger partial charge is 0.225 e. The van der Waals surface area contributed by atoms with Gasteiger partial charge in [-0.2, -0.15) is 0 Å². The number of likely N-dealkylation sites (tertiary alicyclic amines) is 1. The molecule has 1 saturated heterocycles. The van der Waals surface area contributed by atoms with E-state index >= 15 is 0 Å². The second-order valence-corrected chi connectivity index (χ2v) is 7.08. The van der Waals surface area contributed by atoms with Crippen LogP contribution in [0.25, 0.3) is 0 Å². The number of piperidine rings is 1. The summed E-state index contributed by atoms with van der Waals surface area (Å²) >= 11 is 0. The number of carbonyl (C=O) groups excluding carboxylic acids is 1. The van der Waals surface area contributed by atoms with Gasteiger partial charge in [-0.25, -0.2) is 8.78 Å². The first-order valence-corrected chi connectivity index (χ1v) is 7.72. The van der Waals surface area contributed by atoms with Crippen molar-refractivity contribution in [3.63, 3.8) is 0 Å². The van der Waals surface area contributed by atoms with Crippen LogP contribution in [0.15, 0.2) is 18.2 Å². The Balaban J connectivity index is 1.94. The molecule has 1 atom stereocenters. The SMILES string of the molecule is CC(C)(C)C(=O)NC1CCCN(Cc2cc(F)cc(F)c2)C1. The molecule has 0 spiro atoms. The molecule has 1 aliphatic heterocycles. The number of hydrogen-bond acceptors (Lipinski definition) is 2. The van der Waals surface area contributed by atoms with Crippen molar-refractivity contribution < 1.29 is 13.6 Å². The van der Waals surface area contributed by atoms with Crippen molar-refractivity contribution >= 4 is 5.91 Å². The Labute approximate surface area is 130 Å². The maximum Gasteiger partial charge on any atom is 0.225 e. The van der Waals surface area contributed by atoms with Crippen molar-refractivity contribution in [3.05, 3.63) is 35.4 Å². The van der Waals surface area contributed by atoms with Gasteiger partial charge in [0.1, 0.15) is 11.6 Å². The summed E-state index contributed by atoms with van der Waals surface area (Å²) in [5.41, 5.74) is 0.217. The lowest BCUT2D eigenvalue weighted by Gasteiger charge is -2.34. The average Bonchev–Trinajstić information content (AvgIpc) is 2.36. The first kappa shape index (κ1) is 16.9. The highest BCUT2D eigenvalue weighted by atomic mass is 19.1. The molecule has 0 bridgehead atoms. The fraction of sp³-hybridized carbons (Fsp3) is 0.588. The van der Waals surface area contributed by atoms with Crippen LogP contribution in [0.2, 0.25) is 0 Å². The third-order valence-electron chi connectivity index (χ3n) is 3.85. The van der Waals surface area contributed by atoms with Gasteiger partial charge in [-0.05, 0) is 37.1 Å². The molecule has 1 heterocycles. The Morgan fingerprint density at radius 1 is 1.27 bits per heavy atom. The maximum absolute atomic E-state index is 13.2. The summed E-state index contributed by atoms with van der Waals surface area (Å²) in [5, 5.41) is 3.07. The third-order valence-corrected chi connectivity index (χ3v) is 3.85.